The molecule has 0 amide bonds. The quantitative estimate of drug-likeness (QED) is 0.818. The van der Waals surface area contributed by atoms with Crippen LogP contribution in [0.2, 0.25) is 0 Å². The van der Waals surface area contributed by atoms with Crippen LogP contribution in [0.5, 0.6) is 5.88 Å². The molecule has 1 N–H and O–H groups in total. The van der Waals surface area contributed by atoms with Gasteiger partial charge in [-0.15, -0.1) is 0 Å². The largest absolute Gasteiger partial charge is 0.481 e. The Kier molecular flexibility index (Phi) is 4.10. The van der Waals surface area contributed by atoms with E-state index in [2.05, 4.69) is 4.98 Å². The number of rotatable bonds is 5. The number of carbonyl (C=O) groups is 1. The third-order valence-corrected chi connectivity index (χ3v) is 2.19. The Hall–Kier alpha value is -1.78. The van der Waals surface area contributed by atoms with Gasteiger partial charge in [0.25, 0.3) is 0 Å². The lowest BCUT2D eigenvalue weighted by atomic mass is 10.2. The molecule has 88 valence electrons. The van der Waals surface area contributed by atoms with E-state index in [1.54, 1.807) is 23.2 Å². The lowest BCUT2D eigenvalue weighted by molar-refractivity contribution is -0.135. The third-order valence-electron chi connectivity index (χ3n) is 2.19. The van der Waals surface area contributed by atoms with Gasteiger partial charge in [0.05, 0.1) is 7.11 Å². The predicted octanol–water partition coefficient (Wildman–Crippen LogP) is 1.39. The Morgan fingerprint density at radius 1 is 1.62 bits per heavy atom. The van der Waals surface area contributed by atoms with Gasteiger partial charge in [0.15, 0.2) is 0 Å². The molecule has 0 aliphatic heterocycles. The molecule has 0 atom stereocenters. The van der Waals surface area contributed by atoms with Crippen LogP contribution in [0, 0.1) is 0 Å². The number of ether oxygens (including phenoxy) is 1. The van der Waals surface area contributed by atoms with Gasteiger partial charge in [-0.3, -0.25) is 4.79 Å². The lowest BCUT2D eigenvalue weighted by Gasteiger charge is -2.27. The second-order valence-electron chi connectivity index (χ2n) is 3.67. The van der Waals surface area contributed by atoms with Gasteiger partial charge in [-0.05, 0) is 19.9 Å². The van der Waals surface area contributed by atoms with E-state index >= 15 is 0 Å². The normalized spacial score (nSPS) is 10.2. The van der Waals surface area contributed by atoms with Crippen molar-refractivity contribution in [2.45, 2.75) is 19.9 Å². The zero-order valence-corrected chi connectivity index (χ0v) is 9.67. The SMILES string of the molecule is COc1cc(N(CC(=O)O)C(C)C)ccn1. The molecule has 0 bridgehead atoms. The molecule has 0 aliphatic rings. The van der Waals surface area contributed by atoms with Crippen molar-refractivity contribution in [3.63, 3.8) is 0 Å². The summed E-state index contributed by atoms with van der Waals surface area (Å²) in [5, 5.41) is 8.83. The van der Waals surface area contributed by atoms with Crippen molar-refractivity contribution in [1.29, 1.82) is 0 Å². The van der Waals surface area contributed by atoms with Crippen LogP contribution < -0.4 is 9.64 Å². The molecule has 5 nitrogen and oxygen atoms in total. The van der Waals surface area contributed by atoms with Gasteiger partial charge in [0.1, 0.15) is 6.54 Å². The standard InChI is InChI=1S/C11H16N2O3/c1-8(2)13(7-11(14)15)9-4-5-12-10(6-9)16-3/h4-6,8H,7H2,1-3H3,(H,14,15). The van der Waals surface area contributed by atoms with E-state index in [0.29, 0.717) is 5.88 Å². The van der Waals surface area contributed by atoms with Gasteiger partial charge < -0.3 is 14.7 Å². The molecule has 0 aromatic carbocycles. The average Bonchev–Trinajstić information content (AvgIpc) is 2.25. The van der Waals surface area contributed by atoms with Crippen LogP contribution in [0.4, 0.5) is 5.69 Å². The Balaban J connectivity index is 2.95. The first-order valence-electron chi connectivity index (χ1n) is 5.03. The number of pyridine rings is 1. The van der Waals surface area contributed by atoms with Gasteiger partial charge in [-0.25, -0.2) is 4.98 Å². The highest BCUT2D eigenvalue weighted by molar-refractivity contribution is 5.74. The topological polar surface area (TPSA) is 62.7 Å². The van der Waals surface area contributed by atoms with Gasteiger partial charge >= 0.3 is 5.97 Å². The summed E-state index contributed by atoms with van der Waals surface area (Å²) in [5.41, 5.74) is 0.796. The summed E-state index contributed by atoms with van der Waals surface area (Å²) in [6.45, 7) is 3.84. The van der Waals surface area contributed by atoms with Crippen LogP contribution in [0.15, 0.2) is 18.3 Å². The zero-order valence-electron chi connectivity index (χ0n) is 9.67. The van der Waals surface area contributed by atoms with Crippen molar-refractivity contribution in [3.05, 3.63) is 18.3 Å². The minimum Gasteiger partial charge on any atom is -0.481 e. The molecule has 0 spiro atoms. The van der Waals surface area contributed by atoms with Crippen LogP contribution in [-0.2, 0) is 4.79 Å². The minimum absolute atomic E-state index is 0.0369. The van der Waals surface area contributed by atoms with E-state index in [1.807, 2.05) is 13.8 Å². The van der Waals surface area contributed by atoms with Gasteiger partial charge in [0.2, 0.25) is 5.88 Å². The molecule has 1 heterocycles. The highest BCUT2D eigenvalue weighted by Crippen LogP contribution is 2.20. The van der Waals surface area contributed by atoms with E-state index in [4.69, 9.17) is 9.84 Å². The van der Waals surface area contributed by atoms with E-state index in [9.17, 15) is 4.79 Å². The number of carboxylic acid groups (broad SMARTS) is 1. The summed E-state index contributed by atoms with van der Waals surface area (Å²) < 4.78 is 5.00. The molecule has 1 aromatic heterocycles. The molecule has 0 saturated heterocycles. The van der Waals surface area contributed by atoms with Crippen molar-refractivity contribution in [1.82, 2.24) is 4.98 Å². The van der Waals surface area contributed by atoms with Crippen LogP contribution in [-0.4, -0.2) is 35.8 Å². The van der Waals surface area contributed by atoms with Crippen molar-refractivity contribution < 1.29 is 14.6 Å². The van der Waals surface area contributed by atoms with Crippen molar-refractivity contribution in [2.24, 2.45) is 0 Å². The van der Waals surface area contributed by atoms with Crippen molar-refractivity contribution in [3.8, 4) is 5.88 Å². The van der Waals surface area contributed by atoms with Gasteiger partial charge in [0, 0.05) is 24.0 Å². The maximum Gasteiger partial charge on any atom is 0.323 e. The van der Waals surface area contributed by atoms with Crippen LogP contribution in [0.1, 0.15) is 13.8 Å². The molecule has 1 rings (SSSR count). The monoisotopic (exact) mass is 224 g/mol. The van der Waals surface area contributed by atoms with E-state index < -0.39 is 5.97 Å². The fourth-order valence-corrected chi connectivity index (χ4v) is 1.41. The number of hydrogen-bond acceptors (Lipinski definition) is 4. The Bertz CT molecular complexity index is 366. The van der Waals surface area contributed by atoms with E-state index in [1.165, 1.54) is 7.11 Å². The Morgan fingerprint density at radius 3 is 2.81 bits per heavy atom. The maximum absolute atomic E-state index is 10.8. The third kappa shape index (κ3) is 3.12. The highest BCUT2D eigenvalue weighted by atomic mass is 16.5. The first-order valence-corrected chi connectivity index (χ1v) is 5.03. The molecule has 1 aromatic rings. The fraction of sp³-hybridized carbons (Fsp3) is 0.455. The van der Waals surface area contributed by atoms with Crippen molar-refractivity contribution in [2.75, 3.05) is 18.6 Å². The van der Waals surface area contributed by atoms with Crippen molar-refractivity contribution >= 4 is 11.7 Å². The number of aromatic nitrogens is 1. The lowest BCUT2D eigenvalue weighted by Crippen LogP contribution is -2.35. The molecule has 0 fully saturated rings. The van der Waals surface area contributed by atoms with E-state index in [0.717, 1.165) is 5.69 Å². The summed E-state index contributed by atoms with van der Waals surface area (Å²) in [4.78, 5) is 16.5. The molecule has 0 saturated carbocycles. The summed E-state index contributed by atoms with van der Waals surface area (Å²) in [7, 11) is 1.53. The molecular formula is C11H16N2O3. The number of aliphatic carboxylic acids is 1. The molecule has 0 unspecified atom stereocenters. The Labute approximate surface area is 94.7 Å². The first-order chi connectivity index (χ1) is 7.54. The molecule has 5 heteroatoms. The molecule has 0 aliphatic carbocycles. The van der Waals surface area contributed by atoms with Gasteiger partial charge in [-0.2, -0.15) is 0 Å². The Morgan fingerprint density at radius 2 is 2.31 bits per heavy atom. The summed E-state index contributed by atoms with van der Waals surface area (Å²) in [6, 6.07) is 3.59. The predicted molar refractivity (Wildman–Crippen MR) is 60.9 cm³/mol. The second-order valence-corrected chi connectivity index (χ2v) is 3.67. The minimum atomic E-state index is -0.857. The second kappa shape index (κ2) is 5.34. The highest BCUT2D eigenvalue weighted by Gasteiger charge is 2.14. The smallest absolute Gasteiger partial charge is 0.323 e. The fourth-order valence-electron chi connectivity index (χ4n) is 1.41. The zero-order chi connectivity index (χ0) is 12.1. The summed E-state index contributed by atoms with van der Waals surface area (Å²) in [6.07, 6.45) is 1.60. The van der Waals surface area contributed by atoms with E-state index in [-0.39, 0.29) is 12.6 Å². The number of anilines is 1. The van der Waals surface area contributed by atoms with Crippen LogP contribution in [0.25, 0.3) is 0 Å². The number of hydrogen-bond donors (Lipinski definition) is 1. The average molecular weight is 224 g/mol. The first kappa shape index (κ1) is 12.3. The number of carboxylic acids is 1. The maximum atomic E-state index is 10.8. The molecular weight excluding hydrogens is 208 g/mol. The summed E-state index contributed by atoms with van der Waals surface area (Å²) >= 11 is 0. The summed E-state index contributed by atoms with van der Waals surface area (Å²) in [5.74, 6) is -0.377. The molecule has 0 radical (unpaired) electrons. The van der Waals surface area contributed by atoms with Crippen LogP contribution >= 0.6 is 0 Å². The van der Waals surface area contributed by atoms with Crippen LogP contribution in [0.3, 0.4) is 0 Å². The number of nitrogens with zero attached hydrogens (tertiary/aromatic N) is 2. The molecule has 16 heavy (non-hydrogen) atoms. The van der Waals surface area contributed by atoms with Gasteiger partial charge in [-0.1, -0.05) is 0 Å². The number of methoxy groups -OCH3 is 1.